The van der Waals surface area contributed by atoms with Crippen LogP contribution in [0.3, 0.4) is 0 Å². The maximum absolute atomic E-state index is 12.4. The summed E-state index contributed by atoms with van der Waals surface area (Å²) in [6, 6.07) is 8.50. The van der Waals surface area contributed by atoms with Gasteiger partial charge in [-0.2, -0.15) is 0 Å². The van der Waals surface area contributed by atoms with Crippen LogP contribution in [-0.2, 0) is 22.6 Å². The third kappa shape index (κ3) is 4.88. The van der Waals surface area contributed by atoms with Crippen molar-refractivity contribution in [2.45, 2.75) is 31.8 Å². The van der Waals surface area contributed by atoms with Crippen molar-refractivity contribution < 1.29 is 19.5 Å². The average molecular weight is 542 g/mol. The summed E-state index contributed by atoms with van der Waals surface area (Å²) in [6.45, 7) is 3.26. The van der Waals surface area contributed by atoms with Gasteiger partial charge in [-0.05, 0) is 55.6 Å². The van der Waals surface area contributed by atoms with Crippen molar-refractivity contribution in [2.75, 3.05) is 38.1 Å². The number of pyridine rings is 1. The summed E-state index contributed by atoms with van der Waals surface area (Å²) in [7, 11) is 1.65. The highest BCUT2D eigenvalue weighted by Gasteiger charge is 2.34. The number of benzene rings is 1. The van der Waals surface area contributed by atoms with Gasteiger partial charge >= 0.3 is 6.03 Å². The number of halogens is 1. The van der Waals surface area contributed by atoms with Gasteiger partial charge in [0.15, 0.2) is 0 Å². The van der Waals surface area contributed by atoms with E-state index < -0.39 is 0 Å². The number of nitrogens with one attached hydrogen (secondary N) is 1. The number of aromatic nitrogens is 1. The van der Waals surface area contributed by atoms with E-state index in [4.69, 9.17) is 21.5 Å². The van der Waals surface area contributed by atoms with Crippen molar-refractivity contribution >= 4 is 57.3 Å². The van der Waals surface area contributed by atoms with Crippen LogP contribution in [0.5, 0.6) is 0 Å². The predicted octanol–water partition coefficient (Wildman–Crippen LogP) is 3.83. The fourth-order valence-electron chi connectivity index (χ4n) is 5.47. The number of carbonyl (C=O) groups excluding carboxylic acids is 2. The van der Waals surface area contributed by atoms with Crippen molar-refractivity contribution in [1.82, 2.24) is 20.1 Å². The SMILES string of the molecule is CN1CC(=O)N(Cc2cc3nccc(-c4cc(Cl)cc5c4N(C4CCNC4)CCC5)c3s2)C1=O.O=CO. The van der Waals surface area contributed by atoms with Crippen molar-refractivity contribution in [3.8, 4) is 11.1 Å². The van der Waals surface area contributed by atoms with Crippen LogP contribution in [0.1, 0.15) is 23.3 Å². The minimum Gasteiger partial charge on any atom is -0.483 e. The molecule has 0 saturated carbocycles. The number of imide groups is 1. The molecular weight excluding hydrogens is 514 g/mol. The zero-order chi connectivity index (χ0) is 26.1. The summed E-state index contributed by atoms with van der Waals surface area (Å²) < 4.78 is 1.06. The number of urea groups is 1. The third-order valence-corrected chi connectivity index (χ3v) is 8.42. The summed E-state index contributed by atoms with van der Waals surface area (Å²) in [6.07, 6.45) is 5.13. The molecule has 0 spiro atoms. The Hall–Kier alpha value is -3.21. The van der Waals surface area contributed by atoms with Gasteiger partial charge in [0.25, 0.3) is 12.4 Å². The normalized spacial score (nSPS) is 19.3. The van der Waals surface area contributed by atoms with Gasteiger partial charge in [-0.1, -0.05) is 11.6 Å². The summed E-state index contributed by atoms with van der Waals surface area (Å²) in [5.41, 5.74) is 5.72. The van der Waals surface area contributed by atoms with Gasteiger partial charge in [0.2, 0.25) is 0 Å². The fraction of sp³-hybridized carbons (Fsp3) is 0.385. The standard InChI is InChI=1S/C25H26ClN5O2S.CH2O2/c1-29-14-22(32)31(25(29)33)13-18-11-21-24(34-18)19(5-7-28-21)20-10-16(26)9-15-3-2-8-30(23(15)20)17-4-6-27-12-17;2-1-3/h5,7,9-11,17,27H,2-4,6,8,12-14H2,1H3;1H,(H,2,3). The number of likely N-dealkylation sites (N-methyl/N-ethyl adjacent to an activating group) is 1. The topological polar surface area (TPSA) is 106 Å². The number of fused-ring (bicyclic) bond motifs is 2. The molecule has 3 aromatic rings. The average Bonchev–Trinajstić information content (AvgIpc) is 3.60. The second kappa shape index (κ2) is 10.6. The van der Waals surface area contributed by atoms with Gasteiger partial charge in [-0.3, -0.25) is 19.5 Å². The Balaban J connectivity index is 0.000000892. The Kier molecular flexibility index (Phi) is 7.32. The molecule has 11 heteroatoms. The molecule has 2 fully saturated rings. The highest BCUT2D eigenvalue weighted by Crippen LogP contribution is 2.44. The highest BCUT2D eigenvalue weighted by atomic mass is 35.5. The Labute approximate surface area is 223 Å². The van der Waals surface area contributed by atoms with Gasteiger partial charge in [0, 0.05) is 59.1 Å². The van der Waals surface area contributed by atoms with E-state index in [0.717, 1.165) is 70.1 Å². The molecule has 5 heterocycles. The molecule has 2 saturated heterocycles. The maximum atomic E-state index is 12.4. The van der Waals surface area contributed by atoms with Gasteiger partial charge in [-0.25, -0.2) is 4.79 Å². The molecule has 2 aromatic heterocycles. The molecule has 2 N–H and O–H groups in total. The van der Waals surface area contributed by atoms with E-state index in [0.29, 0.717) is 6.04 Å². The molecule has 3 aliphatic heterocycles. The number of carboxylic acid groups (broad SMARTS) is 1. The third-order valence-electron chi connectivity index (χ3n) is 7.06. The molecule has 3 amide bonds. The summed E-state index contributed by atoms with van der Waals surface area (Å²) in [5, 5.41) is 11.1. The van der Waals surface area contributed by atoms with Crippen LogP contribution < -0.4 is 10.2 Å². The summed E-state index contributed by atoms with van der Waals surface area (Å²) in [4.78, 5) is 43.9. The second-order valence-corrected chi connectivity index (χ2v) is 11.0. The minimum atomic E-state index is -0.250. The maximum Gasteiger partial charge on any atom is 0.327 e. The predicted molar refractivity (Wildman–Crippen MR) is 144 cm³/mol. The number of nitrogens with zero attached hydrogens (tertiary/aromatic N) is 4. The Bertz CT molecular complexity index is 1360. The number of aryl methyl sites for hydroxylation is 1. The van der Waals surface area contributed by atoms with Gasteiger partial charge in [-0.15, -0.1) is 11.3 Å². The minimum absolute atomic E-state index is 0.133. The molecule has 1 atom stereocenters. The number of rotatable bonds is 4. The molecule has 194 valence electrons. The lowest BCUT2D eigenvalue weighted by Gasteiger charge is -2.38. The first-order chi connectivity index (χ1) is 17.9. The lowest BCUT2D eigenvalue weighted by atomic mass is 9.92. The van der Waals surface area contributed by atoms with Crippen LogP contribution in [0.25, 0.3) is 21.3 Å². The summed E-state index contributed by atoms with van der Waals surface area (Å²) >= 11 is 8.23. The van der Waals surface area contributed by atoms with E-state index in [2.05, 4.69) is 33.4 Å². The Morgan fingerprint density at radius 1 is 1.27 bits per heavy atom. The van der Waals surface area contributed by atoms with E-state index >= 15 is 0 Å². The molecule has 1 aromatic carbocycles. The Morgan fingerprint density at radius 2 is 2.08 bits per heavy atom. The van der Waals surface area contributed by atoms with Crippen LogP contribution >= 0.6 is 22.9 Å². The molecule has 1 unspecified atom stereocenters. The first-order valence-corrected chi connectivity index (χ1v) is 13.4. The van der Waals surface area contributed by atoms with Gasteiger partial charge in [0.1, 0.15) is 6.54 Å². The smallest absolute Gasteiger partial charge is 0.327 e. The number of hydrogen-bond acceptors (Lipinski definition) is 7. The zero-order valence-corrected chi connectivity index (χ0v) is 22.0. The van der Waals surface area contributed by atoms with Crippen LogP contribution in [0.2, 0.25) is 5.02 Å². The van der Waals surface area contributed by atoms with Gasteiger partial charge in [0.05, 0.1) is 16.8 Å². The lowest BCUT2D eigenvalue weighted by Crippen LogP contribution is -2.40. The van der Waals surface area contributed by atoms with E-state index in [1.54, 1.807) is 18.4 Å². The molecule has 0 radical (unpaired) electrons. The van der Waals surface area contributed by atoms with Crippen LogP contribution in [0.4, 0.5) is 10.5 Å². The number of anilines is 1. The largest absolute Gasteiger partial charge is 0.483 e. The van der Waals surface area contributed by atoms with Crippen molar-refractivity contribution in [1.29, 1.82) is 0 Å². The molecule has 37 heavy (non-hydrogen) atoms. The monoisotopic (exact) mass is 541 g/mol. The quantitative estimate of drug-likeness (QED) is 0.382. The van der Waals surface area contributed by atoms with Gasteiger partial charge < -0.3 is 20.2 Å². The van der Waals surface area contributed by atoms with Crippen LogP contribution in [0, 0.1) is 0 Å². The van der Waals surface area contributed by atoms with Crippen molar-refractivity contribution in [3.05, 3.63) is 45.9 Å². The van der Waals surface area contributed by atoms with E-state index in [9.17, 15) is 9.59 Å². The molecule has 3 aliphatic rings. The second-order valence-electron chi connectivity index (χ2n) is 9.41. The van der Waals surface area contributed by atoms with Crippen molar-refractivity contribution in [2.24, 2.45) is 0 Å². The molecule has 0 bridgehead atoms. The summed E-state index contributed by atoms with van der Waals surface area (Å²) in [5.74, 6) is -0.164. The van der Waals surface area contributed by atoms with Crippen molar-refractivity contribution in [3.63, 3.8) is 0 Å². The first kappa shape index (κ1) is 25.4. The fourth-order valence-corrected chi connectivity index (χ4v) is 6.84. The van der Waals surface area contributed by atoms with Crippen LogP contribution in [-0.4, -0.2) is 77.6 Å². The number of hydrogen-bond donors (Lipinski definition) is 2. The first-order valence-electron chi connectivity index (χ1n) is 12.2. The number of amides is 3. The molecule has 0 aliphatic carbocycles. The van der Waals surface area contributed by atoms with E-state index in [1.165, 1.54) is 21.1 Å². The van der Waals surface area contributed by atoms with E-state index in [-0.39, 0.29) is 31.5 Å². The molecule has 9 nitrogen and oxygen atoms in total. The van der Waals surface area contributed by atoms with E-state index in [1.807, 2.05) is 12.3 Å². The Morgan fingerprint density at radius 3 is 2.78 bits per heavy atom. The highest BCUT2D eigenvalue weighted by molar-refractivity contribution is 7.19. The molecule has 6 rings (SSSR count). The number of thiophene rings is 1. The van der Waals surface area contributed by atoms with Crippen LogP contribution in [0.15, 0.2) is 30.5 Å². The zero-order valence-electron chi connectivity index (χ0n) is 20.4. The number of carbonyl (C=O) groups is 3. The lowest BCUT2D eigenvalue weighted by molar-refractivity contribution is -0.125. The molecular formula is C26H28ClN5O4S.